The summed E-state index contributed by atoms with van der Waals surface area (Å²) in [5.74, 6) is 3.17. The molecule has 3 unspecified atom stereocenters. The van der Waals surface area contributed by atoms with E-state index in [-0.39, 0.29) is 0 Å². The van der Waals surface area contributed by atoms with Crippen LogP contribution in [0.2, 0.25) is 0 Å². The van der Waals surface area contributed by atoms with Crippen molar-refractivity contribution >= 4 is 18.5 Å². The predicted octanol–water partition coefficient (Wildman–Crippen LogP) is 9.99. The van der Waals surface area contributed by atoms with Crippen LogP contribution in [0.25, 0.3) is 0 Å². The first-order chi connectivity index (χ1) is 16.8. The molecule has 3 nitrogen and oxygen atoms in total. The molecule has 0 saturated carbocycles. The summed E-state index contributed by atoms with van der Waals surface area (Å²) in [5, 5.41) is 0. The first-order valence-electron chi connectivity index (χ1n) is 12.8. The fourth-order valence-corrected chi connectivity index (χ4v) is 6.05. The minimum atomic E-state index is -3.28. The zero-order chi connectivity index (χ0) is 25.4. The number of benzene rings is 3. The molecule has 0 spiro atoms. The molecule has 5 heteroatoms. The van der Waals surface area contributed by atoms with Gasteiger partial charge in [0.05, 0.1) is 0 Å². The van der Waals surface area contributed by atoms with Crippen LogP contribution >= 0.6 is 6.72 Å². The van der Waals surface area contributed by atoms with Crippen molar-refractivity contribution in [1.29, 1.82) is 0 Å². The van der Waals surface area contributed by atoms with E-state index in [9.17, 15) is 0 Å². The molecule has 35 heavy (non-hydrogen) atoms. The van der Waals surface area contributed by atoms with Gasteiger partial charge in [0.25, 0.3) is 0 Å². The van der Waals surface area contributed by atoms with Crippen LogP contribution in [-0.4, -0.2) is 0 Å². The topological polar surface area (TPSA) is 27.7 Å². The van der Waals surface area contributed by atoms with Gasteiger partial charge in [-0.15, -0.1) is 0 Å². The fraction of sp³-hybridized carbons (Fsp3) is 0.400. The van der Waals surface area contributed by atoms with Crippen LogP contribution in [0.5, 0.6) is 17.2 Å². The van der Waals surface area contributed by atoms with Crippen LogP contribution in [-0.2, 0) is 11.8 Å². The maximum atomic E-state index is 6.58. The third-order valence-electron chi connectivity index (χ3n) is 6.82. The number of hydrogen-bond donors (Lipinski definition) is 0. The lowest BCUT2D eigenvalue weighted by Crippen LogP contribution is -2.11. The Morgan fingerprint density at radius 2 is 0.800 bits per heavy atom. The van der Waals surface area contributed by atoms with E-state index in [1.807, 2.05) is 54.6 Å². The van der Waals surface area contributed by atoms with Crippen molar-refractivity contribution in [3.05, 3.63) is 89.5 Å². The van der Waals surface area contributed by atoms with Crippen LogP contribution in [0.4, 0.5) is 0 Å². The standard InChI is InChI=1S/C30H39O3PS/c1-7-22(4)25-16-10-13-19-28(25)31-34(35,32-29-20-14-11-17-26(29)23(5)8-2)33-30-21-15-12-18-27(30)24(6)9-3/h10-24H,7-9H2,1-6H3. The first kappa shape index (κ1) is 27.3. The normalized spacial score (nSPS) is 15.5. The zero-order valence-electron chi connectivity index (χ0n) is 21.9. The van der Waals surface area contributed by atoms with Gasteiger partial charge in [-0.3, -0.25) is 0 Å². The van der Waals surface area contributed by atoms with E-state index >= 15 is 0 Å². The SMILES string of the molecule is CCC(C)c1ccccc1OP(=S)(Oc1ccccc1C(C)CC)Oc1ccccc1C(C)CC. The van der Waals surface area contributed by atoms with Crippen LogP contribution in [0.3, 0.4) is 0 Å². The quantitative estimate of drug-likeness (QED) is 0.227. The van der Waals surface area contributed by atoms with Gasteiger partial charge in [-0.25, -0.2) is 0 Å². The first-order valence-corrected chi connectivity index (χ1v) is 15.3. The van der Waals surface area contributed by atoms with E-state index in [4.69, 9.17) is 25.4 Å². The van der Waals surface area contributed by atoms with E-state index in [0.29, 0.717) is 17.8 Å². The second kappa shape index (κ2) is 12.6. The van der Waals surface area contributed by atoms with E-state index < -0.39 is 6.72 Å². The van der Waals surface area contributed by atoms with E-state index in [0.717, 1.165) is 53.2 Å². The van der Waals surface area contributed by atoms with Crippen LogP contribution in [0.1, 0.15) is 95.2 Å². The monoisotopic (exact) mass is 510 g/mol. The largest absolute Gasteiger partial charge is 0.490 e. The van der Waals surface area contributed by atoms with Gasteiger partial charge in [0.1, 0.15) is 17.2 Å². The molecular weight excluding hydrogens is 471 g/mol. The molecule has 0 heterocycles. The molecule has 0 amide bonds. The minimum absolute atomic E-state index is 0.328. The second-order valence-corrected chi connectivity index (χ2v) is 12.0. The molecule has 0 aliphatic carbocycles. The van der Waals surface area contributed by atoms with Crippen LogP contribution < -0.4 is 13.6 Å². The molecule has 0 bridgehead atoms. The highest BCUT2D eigenvalue weighted by Gasteiger charge is 2.31. The predicted molar refractivity (Wildman–Crippen MR) is 152 cm³/mol. The molecule has 0 radical (unpaired) electrons. The average molecular weight is 511 g/mol. The lowest BCUT2D eigenvalue weighted by molar-refractivity contribution is 0.375. The summed E-state index contributed by atoms with van der Waals surface area (Å²) in [6.07, 6.45) is 3.00. The number of hydrogen-bond acceptors (Lipinski definition) is 4. The Bertz CT molecular complexity index is 1000. The smallest absolute Gasteiger partial charge is 0.407 e. The molecule has 0 aromatic heterocycles. The van der Waals surface area contributed by atoms with Crippen molar-refractivity contribution < 1.29 is 13.6 Å². The summed E-state index contributed by atoms with van der Waals surface area (Å²) in [7, 11) is 0. The lowest BCUT2D eigenvalue weighted by Gasteiger charge is -2.28. The summed E-state index contributed by atoms with van der Waals surface area (Å²) in [5.41, 5.74) is 3.34. The summed E-state index contributed by atoms with van der Waals surface area (Å²) in [4.78, 5) is 0. The maximum Gasteiger partial charge on any atom is 0.490 e. The molecule has 3 atom stereocenters. The molecule has 0 saturated heterocycles. The molecule has 0 fully saturated rings. The van der Waals surface area contributed by atoms with E-state index in [2.05, 4.69) is 59.7 Å². The highest BCUT2D eigenvalue weighted by atomic mass is 32.5. The van der Waals surface area contributed by atoms with Crippen molar-refractivity contribution in [1.82, 2.24) is 0 Å². The summed E-state index contributed by atoms with van der Waals surface area (Å²) in [6.45, 7) is 9.84. The van der Waals surface area contributed by atoms with Gasteiger partial charge in [0.15, 0.2) is 0 Å². The Labute approximate surface area is 217 Å². The van der Waals surface area contributed by atoms with E-state index in [1.54, 1.807) is 0 Å². The van der Waals surface area contributed by atoms with Gasteiger partial charge < -0.3 is 13.6 Å². The molecule has 3 rings (SSSR count). The molecular formula is C30H39O3PS. The van der Waals surface area contributed by atoms with Crippen molar-refractivity contribution in [2.45, 2.75) is 78.6 Å². The Kier molecular flexibility index (Phi) is 9.83. The Balaban J connectivity index is 2.08. The van der Waals surface area contributed by atoms with Gasteiger partial charge in [-0.2, -0.15) is 0 Å². The van der Waals surface area contributed by atoms with Crippen molar-refractivity contribution in [3.63, 3.8) is 0 Å². The van der Waals surface area contributed by atoms with Gasteiger partial charge in [-0.1, -0.05) is 96.1 Å². The van der Waals surface area contributed by atoms with Gasteiger partial charge >= 0.3 is 6.72 Å². The van der Waals surface area contributed by atoms with Gasteiger partial charge in [0, 0.05) is 11.8 Å². The average Bonchev–Trinajstić information content (AvgIpc) is 2.88. The summed E-state index contributed by atoms with van der Waals surface area (Å²) >= 11 is 6.14. The summed E-state index contributed by atoms with van der Waals surface area (Å²) in [6, 6.07) is 24.2. The third kappa shape index (κ3) is 6.90. The second-order valence-electron chi connectivity index (χ2n) is 9.26. The lowest BCUT2D eigenvalue weighted by atomic mass is 9.98. The van der Waals surface area contributed by atoms with E-state index in [1.165, 1.54) is 0 Å². The summed E-state index contributed by atoms with van der Waals surface area (Å²) < 4.78 is 19.7. The molecule has 0 aliphatic rings. The van der Waals surface area contributed by atoms with Crippen molar-refractivity contribution in [2.24, 2.45) is 0 Å². The van der Waals surface area contributed by atoms with Gasteiger partial charge in [-0.05, 0) is 71.9 Å². The van der Waals surface area contributed by atoms with Gasteiger partial charge in [0.2, 0.25) is 0 Å². The van der Waals surface area contributed by atoms with Crippen molar-refractivity contribution in [3.8, 4) is 17.2 Å². The Morgan fingerprint density at radius 1 is 0.543 bits per heavy atom. The highest BCUT2D eigenvalue weighted by molar-refractivity contribution is 8.08. The number of rotatable bonds is 12. The maximum absolute atomic E-state index is 6.58. The van der Waals surface area contributed by atoms with Crippen molar-refractivity contribution in [2.75, 3.05) is 0 Å². The molecule has 3 aromatic carbocycles. The fourth-order valence-electron chi connectivity index (χ4n) is 3.99. The zero-order valence-corrected chi connectivity index (χ0v) is 23.6. The molecule has 3 aromatic rings. The molecule has 0 N–H and O–H groups in total. The number of para-hydroxylation sites is 3. The Hall–Kier alpha value is -2.29. The highest BCUT2D eigenvalue weighted by Crippen LogP contribution is 2.53. The molecule has 0 aliphatic heterocycles. The third-order valence-corrected chi connectivity index (χ3v) is 8.75. The minimum Gasteiger partial charge on any atom is -0.407 e. The molecule has 188 valence electrons. The van der Waals surface area contributed by atoms with Crippen LogP contribution in [0, 0.1) is 0 Å². The van der Waals surface area contributed by atoms with Crippen LogP contribution in [0.15, 0.2) is 72.8 Å². The Morgan fingerprint density at radius 3 is 1.06 bits per heavy atom.